The van der Waals surface area contributed by atoms with Crippen LogP contribution in [-0.4, -0.2) is 15.6 Å². The summed E-state index contributed by atoms with van der Waals surface area (Å²) in [7, 11) is 0. The van der Waals surface area contributed by atoms with Gasteiger partial charge in [-0.05, 0) is 60.7 Å². The number of rotatable bonds is 4. The Kier molecular flexibility index (Phi) is 6.21. The largest absolute Gasteiger partial charge is 0.340 e. The summed E-state index contributed by atoms with van der Waals surface area (Å²) in [4.78, 5) is 17.4. The van der Waals surface area contributed by atoms with Crippen molar-refractivity contribution in [3.63, 3.8) is 0 Å². The van der Waals surface area contributed by atoms with Crippen molar-refractivity contribution in [3.05, 3.63) is 104 Å². The molecule has 0 radical (unpaired) electrons. The van der Waals surface area contributed by atoms with Crippen LogP contribution in [0.5, 0.6) is 0 Å². The lowest BCUT2D eigenvalue weighted by molar-refractivity contribution is -0.115. The van der Waals surface area contributed by atoms with Crippen molar-refractivity contribution in [2.24, 2.45) is 4.99 Å². The Bertz CT molecular complexity index is 1510. The van der Waals surface area contributed by atoms with E-state index in [4.69, 9.17) is 23.2 Å². The first-order valence-corrected chi connectivity index (χ1v) is 12.0. The summed E-state index contributed by atoms with van der Waals surface area (Å²) in [5.74, 6) is -0.709. The number of hydrogen-bond acceptors (Lipinski definition) is 3. The molecule has 0 saturated carbocycles. The van der Waals surface area contributed by atoms with Gasteiger partial charge in [-0.15, -0.1) is 0 Å². The minimum absolute atomic E-state index is 0.180. The number of thioether (sulfide) groups is 1. The number of amides is 1. The first-order valence-electron chi connectivity index (χ1n) is 10.5. The van der Waals surface area contributed by atoms with Gasteiger partial charge in [-0.2, -0.15) is 0 Å². The van der Waals surface area contributed by atoms with Crippen LogP contribution in [0.3, 0.4) is 0 Å². The van der Waals surface area contributed by atoms with E-state index in [-0.39, 0.29) is 11.6 Å². The second-order valence-electron chi connectivity index (χ2n) is 7.77. The molecule has 1 fully saturated rings. The predicted octanol–water partition coefficient (Wildman–Crippen LogP) is 7.34. The number of aromatic nitrogens is 1. The highest BCUT2D eigenvalue weighted by Crippen LogP contribution is 2.34. The third-order valence-corrected chi connectivity index (χ3v) is 7.12. The number of benzene rings is 3. The smallest absolute Gasteiger partial charge is 0.264 e. The molecule has 1 amide bonds. The van der Waals surface area contributed by atoms with Gasteiger partial charge >= 0.3 is 0 Å². The van der Waals surface area contributed by atoms with Crippen LogP contribution in [0.25, 0.3) is 17.0 Å². The summed E-state index contributed by atoms with van der Waals surface area (Å²) in [5.41, 5.74) is 4.08. The number of hydrogen-bond donors (Lipinski definition) is 1. The van der Waals surface area contributed by atoms with E-state index in [0.717, 1.165) is 27.7 Å². The molecule has 1 aliphatic heterocycles. The minimum atomic E-state index is -0.443. The van der Waals surface area contributed by atoms with Gasteiger partial charge < -0.3 is 9.88 Å². The van der Waals surface area contributed by atoms with Crippen LogP contribution in [0, 0.1) is 12.7 Å². The molecular formula is C26H18Cl2FN3OS. The molecule has 5 rings (SSSR count). The van der Waals surface area contributed by atoms with Crippen molar-refractivity contribution < 1.29 is 9.18 Å². The maximum Gasteiger partial charge on any atom is 0.264 e. The molecule has 0 spiro atoms. The van der Waals surface area contributed by atoms with E-state index in [9.17, 15) is 9.18 Å². The molecule has 4 aromatic rings. The number of fused-ring (bicyclic) bond motifs is 1. The van der Waals surface area contributed by atoms with Crippen LogP contribution in [0.1, 0.15) is 16.8 Å². The Morgan fingerprint density at radius 1 is 1.09 bits per heavy atom. The highest BCUT2D eigenvalue weighted by atomic mass is 35.5. The molecule has 4 nitrogen and oxygen atoms in total. The lowest BCUT2D eigenvalue weighted by Crippen LogP contribution is -2.19. The number of halogens is 3. The summed E-state index contributed by atoms with van der Waals surface area (Å²) in [6.07, 6.45) is 1.86. The molecule has 8 heteroatoms. The van der Waals surface area contributed by atoms with Crippen molar-refractivity contribution >= 4 is 68.7 Å². The van der Waals surface area contributed by atoms with Crippen molar-refractivity contribution in [1.82, 2.24) is 9.88 Å². The lowest BCUT2D eigenvalue weighted by atomic mass is 10.1. The van der Waals surface area contributed by atoms with Gasteiger partial charge in [0.25, 0.3) is 5.91 Å². The molecular weight excluding hydrogens is 492 g/mol. The summed E-state index contributed by atoms with van der Waals surface area (Å²) in [6.45, 7) is 2.58. The molecule has 3 aromatic carbocycles. The topological polar surface area (TPSA) is 46.4 Å². The molecule has 2 heterocycles. The second kappa shape index (κ2) is 9.29. The van der Waals surface area contributed by atoms with Gasteiger partial charge in [0.1, 0.15) is 11.5 Å². The molecule has 1 saturated heterocycles. The van der Waals surface area contributed by atoms with Gasteiger partial charge in [-0.1, -0.05) is 59.6 Å². The van der Waals surface area contributed by atoms with Gasteiger partial charge in [-0.25, -0.2) is 9.38 Å². The number of nitrogens with zero attached hydrogens (tertiary/aromatic N) is 2. The summed E-state index contributed by atoms with van der Waals surface area (Å²) < 4.78 is 16.1. The van der Waals surface area contributed by atoms with Crippen LogP contribution in [0.2, 0.25) is 10.0 Å². The van der Waals surface area contributed by atoms with Crippen LogP contribution in [-0.2, 0) is 11.3 Å². The Morgan fingerprint density at radius 3 is 2.65 bits per heavy atom. The predicted molar refractivity (Wildman–Crippen MR) is 139 cm³/mol. The number of nitrogens with one attached hydrogen (secondary N) is 1. The number of carbonyl (C=O) groups excluding carboxylic acids is 1. The maximum atomic E-state index is 14.0. The molecule has 1 aromatic heterocycles. The quantitative estimate of drug-likeness (QED) is 0.292. The average molecular weight is 510 g/mol. The normalized spacial score (nSPS) is 16.1. The van der Waals surface area contributed by atoms with Crippen LogP contribution in [0.15, 0.2) is 76.6 Å². The van der Waals surface area contributed by atoms with E-state index in [1.165, 1.54) is 17.8 Å². The molecule has 0 atom stereocenters. The average Bonchev–Trinajstić information content (AvgIpc) is 3.29. The number of amidine groups is 1. The van der Waals surface area contributed by atoms with Gasteiger partial charge in [0.2, 0.25) is 0 Å². The molecule has 0 unspecified atom stereocenters. The number of aliphatic imine (C=N–C) groups is 1. The Morgan fingerprint density at radius 2 is 1.85 bits per heavy atom. The lowest BCUT2D eigenvalue weighted by Gasteiger charge is -2.10. The van der Waals surface area contributed by atoms with Gasteiger partial charge in [0.05, 0.1) is 4.91 Å². The Hall–Kier alpha value is -3.06. The zero-order valence-electron chi connectivity index (χ0n) is 18.0. The van der Waals surface area contributed by atoms with E-state index in [1.54, 1.807) is 24.3 Å². The van der Waals surface area contributed by atoms with Gasteiger partial charge in [0.15, 0.2) is 5.17 Å². The highest BCUT2D eigenvalue weighted by Gasteiger charge is 2.25. The third kappa shape index (κ3) is 4.37. The van der Waals surface area contributed by atoms with Crippen LogP contribution >= 0.6 is 35.0 Å². The summed E-state index contributed by atoms with van der Waals surface area (Å²) in [5, 5.41) is 5.28. The highest BCUT2D eigenvalue weighted by molar-refractivity contribution is 8.18. The fraction of sp³-hybridized carbons (Fsp3) is 0.0769. The molecule has 170 valence electrons. The molecule has 1 N–H and O–H groups in total. The zero-order chi connectivity index (χ0) is 23.8. The first-order chi connectivity index (χ1) is 16.4. The van der Waals surface area contributed by atoms with E-state index in [1.807, 2.05) is 49.4 Å². The standard InChI is InChI=1S/C26H18Cl2FN3OS/c1-15-19(13-24-25(33)31-26(34-24)30-22-8-4-3-7-21(22)29)18-6-2-5-9-23(18)32(15)14-16-10-11-17(27)12-20(16)28/h2-13H,14H2,1H3,(H,30,31,33)/b24-13-. The SMILES string of the molecule is Cc1c(/C=C2\SC(=Nc3ccccc3F)NC2=O)c2ccccc2n1Cc1ccc(Cl)cc1Cl. The molecule has 0 bridgehead atoms. The summed E-state index contributed by atoms with van der Waals surface area (Å²) in [6, 6.07) is 19.7. The van der Waals surface area contributed by atoms with E-state index < -0.39 is 5.82 Å². The van der Waals surface area contributed by atoms with E-state index in [0.29, 0.717) is 26.7 Å². The van der Waals surface area contributed by atoms with Gasteiger partial charge in [0, 0.05) is 38.8 Å². The maximum absolute atomic E-state index is 14.0. The molecule has 1 aliphatic rings. The first kappa shape index (κ1) is 22.7. The fourth-order valence-electron chi connectivity index (χ4n) is 3.93. The van der Waals surface area contributed by atoms with Crippen molar-refractivity contribution in [2.75, 3.05) is 0 Å². The van der Waals surface area contributed by atoms with Crippen molar-refractivity contribution in [3.8, 4) is 0 Å². The van der Waals surface area contributed by atoms with E-state index in [2.05, 4.69) is 14.9 Å². The number of carbonyl (C=O) groups is 1. The Balaban J connectivity index is 1.54. The van der Waals surface area contributed by atoms with Gasteiger partial charge in [-0.3, -0.25) is 4.79 Å². The van der Waals surface area contributed by atoms with Crippen LogP contribution < -0.4 is 5.32 Å². The minimum Gasteiger partial charge on any atom is -0.340 e. The van der Waals surface area contributed by atoms with Crippen molar-refractivity contribution in [2.45, 2.75) is 13.5 Å². The molecule has 34 heavy (non-hydrogen) atoms. The van der Waals surface area contributed by atoms with Crippen molar-refractivity contribution in [1.29, 1.82) is 0 Å². The zero-order valence-corrected chi connectivity index (χ0v) is 20.3. The second-order valence-corrected chi connectivity index (χ2v) is 9.65. The summed E-state index contributed by atoms with van der Waals surface area (Å²) >= 11 is 13.7. The fourth-order valence-corrected chi connectivity index (χ4v) is 5.21. The van der Waals surface area contributed by atoms with Crippen LogP contribution in [0.4, 0.5) is 10.1 Å². The molecule has 0 aliphatic carbocycles. The third-order valence-electron chi connectivity index (χ3n) is 5.62. The Labute approximate surface area is 210 Å². The number of para-hydroxylation sites is 2. The van der Waals surface area contributed by atoms with E-state index >= 15 is 0 Å². The monoisotopic (exact) mass is 509 g/mol.